The van der Waals surface area contributed by atoms with Gasteiger partial charge in [-0.05, 0) is 42.3 Å². The second kappa shape index (κ2) is 10.1. The predicted octanol–water partition coefficient (Wildman–Crippen LogP) is 2.38. The van der Waals surface area contributed by atoms with E-state index in [0.29, 0.717) is 24.5 Å². The number of hydrogen-bond donors (Lipinski definition) is 2. The molecule has 0 radical (unpaired) electrons. The summed E-state index contributed by atoms with van der Waals surface area (Å²) in [6.45, 7) is 3.55. The standard InChI is InChI=1S/C22H24N4O3/c1-2-29-20-9-7-19(8-10-20)22(28)25-14-21(27)24-13-17-3-5-18(6-4-17)15-26-12-11-23-16-26/h3-12,16H,2,13-15H2,1H3,(H,24,27)(H,25,28). The highest BCUT2D eigenvalue weighted by Gasteiger charge is 2.08. The van der Waals surface area contributed by atoms with Crippen molar-refractivity contribution in [2.75, 3.05) is 13.2 Å². The molecular formula is C22H24N4O3. The fourth-order valence-corrected chi connectivity index (χ4v) is 2.75. The zero-order chi connectivity index (χ0) is 20.5. The molecule has 0 bridgehead atoms. The largest absolute Gasteiger partial charge is 0.494 e. The normalized spacial score (nSPS) is 10.4. The molecule has 0 aliphatic rings. The fourth-order valence-electron chi connectivity index (χ4n) is 2.75. The van der Waals surface area contributed by atoms with Crippen molar-refractivity contribution in [1.82, 2.24) is 20.2 Å². The number of aromatic nitrogens is 2. The van der Waals surface area contributed by atoms with Crippen molar-refractivity contribution >= 4 is 11.8 Å². The van der Waals surface area contributed by atoms with E-state index in [2.05, 4.69) is 15.6 Å². The van der Waals surface area contributed by atoms with E-state index in [1.54, 1.807) is 36.8 Å². The maximum absolute atomic E-state index is 12.1. The van der Waals surface area contributed by atoms with E-state index in [1.807, 2.05) is 42.0 Å². The number of imidazole rings is 1. The highest BCUT2D eigenvalue weighted by Crippen LogP contribution is 2.12. The van der Waals surface area contributed by atoms with Gasteiger partial charge in [0.1, 0.15) is 5.75 Å². The van der Waals surface area contributed by atoms with Crippen molar-refractivity contribution in [3.05, 3.63) is 83.9 Å². The van der Waals surface area contributed by atoms with Crippen LogP contribution in [0.5, 0.6) is 5.75 Å². The van der Waals surface area contributed by atoms with E-state index in [4.69, 9.17) is 4.74 Å². The summed E-state index contributed by atoms with van der Waals surface area (Å²) in [4.78, 5) is 28.2. The Labute approximate surface area is 169 Å². The maximum Gasteiger partial charge on any atom is 0.251 e. The van der Waals surface area contributed by atoms with Gasteiger partial charge in [-0.3, -0.25) is 9.59 Å². The van der Waals surface area contributed by atoms with Gasteiger partial charge in [-0.1, -0.05) is 24.3 Å². The Bertz CT molecular complexity index is 920. The smallest absolute Gasteiger partial charge is 0.251 e. The van der Waals surface area contributed by atoms with Crippen molar-refractivity contribution < 1.29 is 14.3 Å². The Balaban J connectivity index is 1.40. The highest BCUT2D eigenvalue weighted by atomic mass is 16.5. The Kier molecular flexibility index (Phi) is 7.00. The number of carbonyl (C=O) groups is 2. The molecule has 3 aromatic rings. The predicted molar refractivity (Wildman–Crippen MR) is 110 cm³/mol. The van der Waals surface area contributed by atoms with Gasteiger partial charge in [0.15, 0.2) is 0 Å². The molecule has 1 heterocycles. The molecule has 0 saturated carbocycles. The molecule has 150 valence electrons. The second-order valence-corrected chi connectivity index (χ2v) is 6.47. The lowest BCUT2D eigenvalue weighted by Crippen LogP contribution is -2.36. The van der Waals surface area contributed by atoms with Gasteiger partial charge in [0.2, 0.25) is 5.91 Å². The van der Waals surface area contributed by atoms with Crippen LogP contribution in [0.2, 0.25) is 0 Å². The van der Waals surface area contributed by atoms with Crippen LogP contribution < -0.4 is 15.4 Å². The first kappa shape index (κ1) is 20.1. The van der Waals surface area contributed by atoms with Crippen LogP contribution in [0.25, 0.3) is 0 Å². The molecule has 1 aromatic heterocycles. The third kappa shape index (κ3) is 6.21. The first-order valence-electron chi connectivity index (χ1n) is 9.45. The molecule has 2 N–H and O–H groups in total. The van der Waals surface area contributed by atoms with Crippen LogP contribution in [0.1, 0.15) is 28.4 Å². The SMILES string of the molecule is CCOc1ccc(C(=O)NCC(=O)NCc2ccc(Cn3ccnc3)cc2)cc1. The number of ether oxygens (including phenoxy) is 1. The molecular weight excluding hydrogens is 368 g/mol. The van der Waals surface area contributed by atoms with Gasteiger partial charge in [-0.2, -0.15) is 0 Å². The van der Waals surface area contributed by atoms with Crippen molar-refractivity contribution in [3.63, 3.8) is 0 Å². The molecule has 7 nitrogen and oxygen atoms in total. The van der Waals surface area contributed by atoms with Crippen LogP contribution in [0.15, 0.2) is 67.3 Å². The molecule has 0 saturated heterocycles. The van der Waals surface area contributed by atoms with Crippen LogP contribution in [-0.2, 0) is 17.9 Å². The molecule has 3 rings (SSSR count). The molecule has 0 atom stereocenters. The lowest BCUT2D eigenvalue weighted by molar-refractivity contribution is -0.120. The number of carbonyl (C=O) groups excluding carboxylic acids is 2. The van der Waals surface area contributed by atoms with E-state index < -0.39 is 0 Å². The topological polar surface area (TPSA) is 85.2 Å². The summed E-state index contributed by atoms with van der Waals surface area (Å²) in [5.74, 6) is 0.164. The first-order valence-corrected chi connectivity index (χ1v) is 9.45. The monoisotopic (exact) mass is 392 g/mol. The lowest BCUT2D eigenvalue weighted by atomic mass is 10.1. The van der Waals surface area contributed by atoms with Gasteiger partial charge in [0.05, 0.1) is 19.5 Å². The van der Waals surface area contributed by atoms with Crippen LogP contribution in [0.3, 0.4) is 0 Å². The molecule has 2 aromatic carbocycles. The number of nitrogens with zero attached hydrogens (tertiary/aromatic N) is 2. The Morgan fingerprint density at radius 2 is 1.72 bits per heavy atom. The summed E-state index contributed by atoms with van der Waals surface area (Å²) < 4.78 is 7.34. The van der Waals surface area contributed by atoms with E-state index in [0.717, 1.165) is 17.7 Å². The molecule has 0 unspecified atom stereocenters. The number of amides is 2. The maximum atomic E-state index is 12.1. The minimum absolute atomic E-state index is 0.0786. The summed E-state index contributed by atoms with van der Waals surface area (Å²) >= 11 is 0. The molecule has 0 fully saturated rings. The second-order valence-electron chi connectivity index (χ2n) is 6.47. The minimum atomic E-state index is -0.299. The summed E-state index contributed by atoms with van der Waals surface area (Å²) in [6, 6.07) is 14.8. The van der Waals surface area contributed by atoms with Crippen LogP contribution in [0, 0.1) is 0 Å². The molecule has 2 amide bonds. The summed E-state index contributed by atoms with van der Waals surface area (Å²) in [7, 11) is 0. The van der Waals surface area contributed by atoms with E-state index in [1.165, 1.54) is 0 Å². The molecule has 29 heavy (non-hydrogen) atoms. The Morgan fingerprint density at radius 1 is 1.00 bits per heavy atom. The summed E-state index contributed by atoms with van der Waals surface area (Å²) in [6.07, 6.45) is 5.43. The van der Waals surface area contributed by atoms with Gasteiger partial charge >= 0.3 is 0 Å². The first-order chi connectivity index (χ1) is 14.1. The molecule has 0 aliphatic carbocycles. The van der Waals surface area contributed by atoms with E-state index in [-0.39, 0.29) is 18.4 Å². The quantitative estimate of drug-likeness (QED) is 0.586. The average Bonchev–Trinajstić information content (AvgIpc) is 3.25. The minimum Gasteiger partial charge on any atom is -0.494 e. The Hall–Kier alpha value is -3.61. The van der Waals surface area contributed by atoms with E-state index in [9.17, 15) is 9.59 Å². The van der Waals surface area contributed by atoms with Gasteiger partial charge in [0.25, 0.3) is 5.91 Å². The fraction of sp³-hybridized carbons (Fsp3) is 0.227. The third-order valence-corrected chi connectivity index (χ3v) is 4.27. The Morgan fingerprint density at radius 3 is 2.38 bits per heavy atom. The number of rotatable bonds is 9. The zero-order valence-electron chi connectivity index (χ0n) is 16.3. The number of benzene rings is 2. The van der Waals surface area contributed by atoms with Crippen LogP contribution in [-0.4, -0.2) is 34.5 Å². The van der Waals surface area contributed by atoms with Crippen molar-refractivity contribution in [2.24, 2.45) is 0 Å². The average molecular weight is 392 g/mol. The van der Waals surface area contributed by atoms with Crippen molar-refractivity contribution in [3.8, 4) is 5.75 Å². The number of hydrogen-bond acceptors (Lipinski definition) is 4. The van der Waals surface area contributed by atoms with E-state index >= 15 is 0 Å². The van der Waals surface area contributed by atoms with Crippen molar-refractivity contribution in [1.29, 1.82) is 0 Å². The zero-order valence-corrected chi connectivity index (χ0v) is 16.3. The lowest BCUT2D eigenvalue weighted by Gasteiger charge is -2.09. The number of nitrogens with one attached hydrogen (secondary N) is 2. The molecule has 7 heteroatoms. The van der Waals surface area contributed by atoms with Gasteiger partial charge in [-0.15, -0.1) is 0 Å². The summed E-state index contributed by atoms with van der Waals surface area (Å²) in [5.41, 5.74) is 2.63. The molecule has 0 aliphatic heterocycles. The summed E-state index contributed by atoms with van der Waals surface area (Å²) in [5, 5.41) is 5.43. The highest BCUT2D eigenvalue weighted by molar-refractivity contribution is 5.96. The van der Waals surface area contributed by atoms with Crippen LogP contribution >= 0.6 is 0 Å². The van der Waals surface area contributed by atoms with Gasteiger partial charge in [0, 0.05) is 31.0 Å². The third-order valence-electron chi connectivity index (χ3n) is 4.27. The van der Waals surface area contributed by atoms with Crippen LogP contribution in [0.4, 0.5) is 0 Å². The van der Waals surface area contributed by atoms with Gasteiger partial charge < -0.3 is 19.9 Å². The molecule has 0 spiro atoms. The van der Waals surface area contributed by atoms with Gasteiger partial charge in [-0.25, -0.2) is 4.98 Å². The van der Waals surface area contributed by atoms with Crippen molar-refractivity contribution in [2.45, 2.75) is 20.0 Å².